The minimum absolute atomic E-state index is 0.218. The summed E-state index contributed by atoms with van der Waals surface area (Å²) in [5.74, 6) is 0.292. The van der Waals surface area contributed by atoms with Crippen LogP contribution in [-0.2, 0) is 18.3 Å². The molecule has 1 aromatic rings. The Morgan fingerprint density at radius 1 is 1.58 bits per heavy atom. The van der Waals surface area contributed by atoms with Gasteiger partial charge in [0.05, 0.1) is 5.69 Å². The van der Waals surface area contributed by atoms with Crippen molar-refractivity contribution in [2.24, 2.45) is 12.5 Å². The van der Waals surface area contributed by atoms with Crippen molar-refractivity contribution in [2.45, 2.75) is 39.5 Å². The van der Waals surface area contributed by atoms with Crippen molar-refractivity contribution in [2.75, 3.05) is 13.1 Å². The van der Waals surface area contributed by atoms with Gasteiger partial charge in [-0.2, -0.15) is 5.10 Å². The molecule has 0 radical (unpaired) electrons. The Morgan fingerprint density at radius 2 is 2.32 bits per heavy atom. The molecule has 0 bridgehead atoms. The predicted octanol–water partition coefficient (Wildman–Crippen LogP) is 2.27. The fourth-order valence-corrected chi connectivity index (χ4v) is 3.17. The standard InChI is InChI=1S/C14H22ClN3O/c1-4-14(6-5-7-16-9-14)12(19)8-11-10(2)17-18(3)13(11)15/h16H,4-9H2,1-3H3. The molecule has 1 atom stereocenters. The van der Waals surface area contributed by atoms with Gasteiger partial charge in [-0.3, -0.25) is 9.48 Å². The summed E-state index contributed by atoms with van der Waals surface area (Å²) < 4.78 is 1.64. The number of nitrogens with one attached hydrogen (secondary N) is 1. The highest BCUT2D eigenvalue weighted by Crippen LogP contribution is 2.33. The third-order valence-electron chi connectivity index (χ3n) is 4.35. The molecule has 0 spiro atoms. The summed E-state index contributed by atoms with van der Waals surface area (Å²) in [6.45, 7) is 5.82. The maximum Gasteiger partial charge on any atom is 0.144 e. The maximum absolute atomic E-state index is 12.7. The summed E-state index contributed by atoms with van der Waals surface area (Å²) >= 11 is 6.22. The largest absolute Gasteiger partial charge is 0.316 e. The van der Waals surface area contributed by atoms with Crippen LogP contribution < -0.4 is 5.32 Å². The van der Waals surface area contributed by atoms with E-state index in [4.69, 9.17) is 11.6 Å². The van der Waals surface area contributed by atoms with Crippen LogP contribution in [0, 0.1) is 12.3 Å². The number of nitrogens with zero attached hydrogens (tertiary/aromatic N) is 2. The second-order valence-electron chi connectivity index (χ2n) is 5.49. The molecule has 0 aliphatic carbocycles. The van der Waals surface area contributed by atoms with Crippen LogP contribution in [0.15, 0.2) is 0 Å². The van der Waals surface area contributed by atoms with E-state index in [0.717, 1.165) is 43.6 Å². The van der Waals surface area contributed by atoms with E-state index in [2.05, 4.69) is 17.3 Å². The Bertz CT molecular complexity index is 475. The van der Waals surface area contributed by atoms with Crippen LogP contribution in [0.4, 0.5) is 0 Å². The van der Waals surface area contributed by atoms with Gasteiger partial charge in [-0.15, -0.1) is 0 Å². The van der Waals surface area contributed by atoms with Crippen molar-refractivity contribution in [3.8, 4) is 0 Å². The smallest absolute Gasteiger partial charge is 0.144 e. The number of aromatic nitrogens is 2. The third kappa shape index (κ3) is 2.70. The first-order valence-electron chi connectivity index (χ1n) is 6.92. The van der Waals surface area contributed by atoms with Gasteiger partial charge in [-0.25, -0.2) is 0 Å². The van der Waals surface area contributed by atoms with Gasteiger partial charge in [-0.05, 0) is 32.7 Å². The van der Waals surface area contributed by atoms with E-state index in [0.29, 0.717) is 17.4 Å². The van der Waals surface area contributed by atoms with Crippen LogP contribution in [-0.4, -0.2) is 28.7 Å². The fourth-order valence-electron chi connectivity index (χ4n) is 2.93. The molecule has 0 amide bonds. The quantitative estimate of drug-likeness (QED) is 0.922. The van der Waals surface area contributed by atoms with Crippen LogP contribution in [0.2, 0.25) is 5.15 Å². The summed E-state index contributed by atoms with van der Waals surface area (Å²) in [4.78, 5) is 12.7. The number of piperidine rings is 1. The lowest BCUT2D eigenvalue weighted by atomic mass is 9.73. The Labute approximate surface area is 119 Å². The van der Waals surface area contributed by atoms with E-state index in [-0.39, 0.29) is 5.41 Å². The van der Waals surface area contributed by atoms with Gasteiger partial charge in [0.15, 0.2) is 0 Å². The number of ketones is 1. The van der Waals surface area contributed by atoms with Crippen molar-refractivity contribution in [3.05, 3.63) is 16.4 Å². The lowest BCUT2D eigenvalue weighted by molar-refractivity contribution is -0.129. The summed E-state index contributed by atoms with van der Waals surface area (Å²) in [6, 6.07) is 0. The van der Waals surface area contributed by atoms with E-state index >= 15 is 0 Å². The van der Waals surface area contributed by atoms with Crippen LogP contribution in [0.3, 0.4) is 0 Å². The Kier molecular flexibility index (Phi) is 4.31. The van der Waals surface area contributed by atoms with Gasteiger partial charge in [0.1, 0.15) is 10.9 Å². The fraction of sp³-hybridized carbons (Fsp3) is 0.714. The Morgan fingerprint density at radius 3 is 2.79 bits per heavy atom. The maximum atomic E-state index is 12.7. The molecule has 0 aromatic carbocycles. The van der Waals surface area contributed by atoms with E-state index in [1.54, 1.807) is 11.7 Å². The van der Waals surface area contributed by atoms with Gasteiger partial charge >= 0.3 is 0 Å². The number of carbonyl (C=O) groups excluding carboxylic acids is 1. The molecule has 1 aliphatic rings. The minimum Gasteiger partial charge on any atom is -0.316 e. The van der Waals surface area contributed by atoms with Crippen molar-refractivity contribution < 1.29 is 4.79 Å². The first-order valence-corrected chi connectivity index (χ1v) is 7.30. The molecule has 1 aromatic heterocycles. The molecular weight excluding hydrogens is 262 g/mol. The Hall–Kier alpha value is -0.870. The number of Topliss-reactive ketones (excluding diaryl/α,β-unsaturated/α-hetero) is 1. The van der Waals surface area contributed by atoms with Crippen molar-refractivity contribution in [3.63, 3.8) is 0 Å². The van der Waals surface area contributed by atoms with E-state index in [1.807, 2.05) is 6.92 Å². The molecule has 2 heterocycles. The zero-order valence-corrected chi connectivity index (χ0v) is 12.7. The number of halogens is 1. The SMILES string of the molecule is CCC1(C(=O)Cc2c(C)nn(C)c2Cl)CCCNC1. The summed E-state index contributed by atoms with van der Waals surface area (Å²) in [6.07, 6.45) is 3.33. The van der Waals surface area contributed by atoms with E-state index < -0.39 is 0 Å². The van der Waals surface area contributed by atoms with Crippen LogP contribution in [0.5, 0.6) is 0 Å². The summed E-state index contributed by atoms with van der Waals surface area (Å²) in [5, 5.41) is 8.21. The third-order valence-corrected chi connectivity index (χ3v) is 4.82. The van der Waals surface area contributed by atoms with Crippen molar-refractivity contribution >= 4 is 17.4 Å². The first-order chi connectivity index (χ1) is 9.00. The lowest BCUT2D eigenvalue weighted by Crippen LogP contribution is -2.45. The lowest BCUT2D eigenvalue weighted by Gasteiger charge is -2.35. The molecule has 19 heavy (non-hydrogen) atoms. The van der Waals surface area contributed by atoms with E-state index in [9.17, 15) is 4.79 Å². The highest BCUT2D eigenvalue weighted by Gasteiger charge is 2.37. The molecule has 2 rings (SSSR count). The van der Waals surface area contributed by atoms with Gasteiger partial charge in [0.2, 0.25) is 0 Å². The van der Waals surface area contributed by atoms with Crippen LogP contribution >= 0.6 is 11.6 Å². The zero-order valence-electron chi connectivity index (χ0n) is 11.9. The average molecular weight is 284 g/mol. The Balaban J connectivity index is 2.19. The molecule has 5 heteroatoms. The minimum atomic E-state index is -0.218. The summed E-state index contributed by atoms with van der Waals surface area (Å²) in [5.41, 5.74) is 1.52. The predicted molar refractivity (Wildman–Crippen MR) is 76.5 cm³/mol. The zero-order chi connectivity index (χ0) is 14.0. The molecule has 1 unspecified atom stereocenters. The van der Waals surface area contributed by atoms with Gasteiger partial charge < -0.3 is 5.32 Å². The molecule has 106 valence electrons. The molecule has 4 nitrogen and oxygen atoms in total. The monoisotopic (exact) mass is 283 g/mol. The number of hydrogen-bond donors (Lipinski definition) is 1. The van der Waals surface area contributed by atoms with Crippen LogP contribution in [0.25, 0.3) is 0 Å². The average Bonchev–Trinajstić information content (AvgIpc) is 2.66. The van der Waals surface area contributed by atoms with Crippen molar-refractivity contribution in [1.82, 2.24) is 15.1 Å². The number of rotatable bonds is 4. The second-order valence-corrected chi connectivity index (χ2v) is 5.85. The topological polar surface area (TPSA) is 46.9 Å². The second kappa shape index (κ2) is 5.63. The molecular formula is C14H22ClN3O. The molecule has 0 saturated carbocycles. The van der Waals surface area contributed by atoms with Gasteiger partial charge in [-0.1, -0.05) is 18.5 Å². The number of hydrogen-bond acceptors (Lipinski definition) is 3. The highest BCUT2D eigenvalue weighted by atomic mass is 35.5. The van der Waals surface area contributed by atoms with Crippen molar-refractivity contribution in [1.29, 1.82) is 0 Å². The normalized spacial score (nSPS) is 23.6. The number of aryl methyl sites for hydroxylation is 2. The van der Waals surface area contributed by atoms with E-state index in [1.165, 1.54) is 0 Å². The number of carbonyl (C=O) groups is 1. The highest BCUT2D eigenvalue weighted by molar-refractivity contribution is 6.30. The molecule has 1 fully saturated rings. The molecule has 1 saturated heterocycles. The van der Waals surface area contributed by atoms with Gasteiger partial charge in [0, 0.05) is 31.0 Å². The van der Waals surface area contributed by atoms with Gasteiger partial charge in [0.25, 0.3) is 0 Å². The first kappa shape index (κ1) is 14.5. The molecule has 1 N–H and O–H groups in total. The summed E-state index contributed by atoms with van der Waals surface area (Å²) in [7, 11) is 1.81. The molecule has 1 aliphatic heterocycles. The van der Waals surface area contributed by atoms with Crippen LogP contribution in [0.1, 0.15) is 37.4 Å².